The van der Waals surface area contributed by atoms with Crippen molar-refractivity contribution < 1.29 is 23.8 Å². The number of amides is 1. The lowest BCUT2D eigenvalue weighted by Gasteiger charge is -2.27. The predicted molar refractivity (Wildman–Crippen MR) is 84.5 cm³/mol. The Morgan fingerprint density at radius 3 is 2.48 bits per heavy atom. The van der Waals surface area contributed by atoms with E-state index < -0.39 is 17.7 Å². The van der Waals surface area contributed by atoms with Crippen molar-refractivity contribution in [1.82, 2.24) is 4.98 Å². The van der Waals surface area contributed by atoms with E-state index in [9.17, 15) is 9.59 Å². The summed E-state index contributed by atoms with van der Waals surface area (Å²) in [4.78, 5) is 29.0. The second-order valence-corrected chi connectivity index (χ2v) is 5.50. The minimum atomic E-state index is -0.684. The molecule has 1 amide bonds. The van der Waals surface area contributed by atoms with Gasteiger partial charge >= 0.3 is 12.1 Å². The van der Waals surface area contributed by atoms with E-state index in [0.29, 0.717) is 5.69 Å². The van der Waals surface area contributed by atoms with Crippen LogP contribution < -0.4 is 9.64 Å². The molecule has 0 spiro atoms. The number of terminal acetylenes is 1. The monoisotopic (exact) mass is 320 g/mol. The summed E-state index contributed by atoms with van der Waals surface area (Å²) in [5.74, 6) is 2.02. The van der Waals surface area contributed by atoms with Crippen molar-refractivity contribution in [2.24, 2.45) is 0 Å². The molecule has 0 N–H and O–H groups in total. The maximum atomic E-state index is 12.3. The van der Waals surface area contributed by atoms with Crippen molar-refractivity contribution in [3.63, 3.8) is 0 Å². The van der Waals surface area contributed by atoms with Gasteiger partial charge in [0.05, 0.1) is 27.0 Å². The number of carbonyl (C=O) groups is 2. The largest absolute Gasteiger partial charge is 0.494 e. The molecule has 0 saturated heterocycles. The zero-order valence-corrected chi connectivity index (χ0v) is 13.9. The first-order valence-electron chi connectivity index (χ1n) is 6.79. The first kappa shape index (κ1) is 18.3. The van der Waals surface area contributed by atoms with Gasteiger partial charge < -0.3 is 14.2 Å². The fraction of sp³-hybridized carbons (Fsp3) is 0.438. The number of carbonyl (C=O) groups excluding carboxylic acids is 2. The third-order valence-corrected chi connectivity index (χ3v) is 2.61. The molecule has 7 heteroatoms. The Bertz CT molecular complexity index is 628. The second kappa shape index (κ2) is 7.49. The maximum absolute atomic E-state index is 12.3. The van der Waals surface area contributed by atoms with Crippen LogP contribution in [0.15, 0.2) is 12.3 Å². The van der Waals surface area contributed by atoms with Crippen molar-refractivity contribution in [3.05, 3.63) is 18.0 Å². The fourth-order valence-electron chi connectivity index (χ4n) is 1.67. The van der Waals surface area contributed by atoms with Gasteiger partial charge in [-0.05, 0) is 20.8 Å². The number of esters is 1. The van der Waals surface area contributed by atoms with Crippen LogP contribution in [-0.2, 0) is 9.47 Å². The Morgan fingerprint density at radius 1 is 1.35 bits per heavy atom. The van der Waals surface area contributed by atoms with Gasteiger partial charge in [-0.15, -0.1) is 6.42 Å². The van der Waals surface area contributed by atoms with Gasteiger partial charge in [0.25, 0.3) is 0 Å². The molecule has 0 aliphatic carbocycles. The van der Waals surface area contributed by atoms with Gasteiger partial charge in [-0.2, -0.15) is 0 Å². The Hall–Kier alpha value is -2.75. The van der Waals surface area contributed by atoms with E-state index in [1.165, 1.54) is 31.4 Å². The number of rotatable bonds is 4. The number of nitrogens with zero attached hydrogens (tertiary/aromatic N) is 2. The quantitative estimate of drug-likeness (QED) is 0.625. The van der Waals surface area contributed by atoms with Crippen LogP contribution in [-0.4, -0.2) is 43.4 Å². The summed E-state index contributed by atoms with van der Waals surface area (Å²) < 4.78 is 15.1. The number of pyridine rings is 1. The van der Waals surface area contributed by atoms with E-state index in [2.05, 4.69) is 15.6 Å². The first-order chi connectivity index (χ1) is 10.7. The van der Waals surface area contributed by atoms with E-state index in [0.717, 1.165) is 0 Å². The van der Waals surface area contributed by atoms with Crippen LogP contribution in [0, 0.1) is 12.3 Å². The van der Waals surface area contributed by atoms with Crippen molar-refractivity contribution >= 4 is 17.7 Å². The normalized spacial score (nSPS) is 10.4. The summed E-state index contributed by atoms with van der Waals surface area (Å²) >= 11 is 0. The molecule has 0 aliphatic heterocycles. The number of methoxy groups -OCH3 is 2. The molecule has 7 nitrogen and oxygen atoms in total. The van der Waals surface area contributed by atoms with Gasteiger partial charge in [-0.1, -0.05) is 5.92 Å². The van der Waals surface area contributed by atoms with Crippen LogP contribution in [0.4, 0.5) is 10.5 Å². The van der Waals surface area contributed by atoms with Crippen LogP contribution in [0.25, 0.3) is 0 Å². The second-order valence-electron chi connectivity index (χ2n) is 5.50. The molecule has 1 rings (SSSR count). The summed E-state index contributed by atoms with van der Waals surface area (Å²) in [6.45, 7) is 5.20. The molecular formula is C16H20N2O5. The number of anilines is 1. The summed E-state index contributed by atoms with van der Waals surface area (Å²) in [5.41, 5.74) is -0.332. The molecule has 0 radical (unpaired) electrons. The van der Waals surface area contributed by atoms with Gasteiger partial charge in [0, 0.05) is 6.07 Å². The highest BCUT2D eigenvalue weighted by Gasteiger charge is 2.26. The molecule has 124 valence electrons. The minimum Gasteiger partial charge on any atom is -0.494 e. The highest BCUT2D eigenvalue weighted by atomic mass is 16.6. The Kier molecular flexibility index (Phi) is 5.96. The number of ether oxygens (including phenoxy) is 3. The van der Waals surface area contributed by atoms with E-state index in [-0.39, 0.29) is 18.0 Å². The Balaban J connectivity index is 3.24. The predicted octanol–water partition coefficient (Wildman–Crippen LogP) is 2.25. The number of aromatic nitrogens is 1. The zero-order chi connectivity index (χ0) is 17.6. The Morgan fingerprint density at radius 2 is 2.00 bits per heavy atom. The highest BCUT2D eigenvalue weighted by Crippen LogP contribution is 2.29. The van der Waals surface area contributed by atoms with Crippen LogP contribution in [0.2, 0.25) is 0 Å². The topological polar surface area (TPSA) is 78.0 Å². The lowest BCUT2D eigenvalue weighted by Crippen LogP contribution is -2.37. The molecule has 0 aliphatic rings. The average Bonchev–Trinajstić information content (AvgIpc) is 2.49. The molecule has 0 aromatic carbocycles. The molecular weight excluding hydrogens is 300 g/mol. The number of hydrogen-bond donors (Lipinski definition) is 0. The third-order valence-electron chi connectivity index (χ3n) is 2.61. The summed E-state index contributed by atoms with van der Waals surface area (Å²) in [7, 11) is 2.65. The van der Waals surface area contributed by atoms with E-state index in [4.69, 9.17) is 15.9 Å². The summed E-state index contributed by atoms with van der Waals surface area (Å²) in [6.07, 6.45) is 6.00. The molecule has 0 unspecified atom stereocenters. The summed E-state index contributed by atoms with van der Waals surface area (Å²) in [5, 5.41) is 0. The van der Waals surface area contributed by atoms with E-state index >= 15 is 0 Å². The van der Waals surface area contributed by atoms with E-state index in [1.807, 2.05) is 0 Å². The zero-order valence-electron chi connectivity index (χ0n) is 13.9. The standard InChI is InChI=1S/C16H20N2O5/c1-7-8-18(15(20)23-16(2,3)4)12-10-17-11(14(19)22-6)9-13(12)21-5/h1,9-10H,8H2,2-6H3. The smallest absolute Gasteiger partial charge is 0.415 e. The molecule has 1 heterocycles. The van der Waals surface area contributed by atoms with Crippen LogP contribution in [0.3, 0.4) is 0 Å². The fourth-order valence-corrected chi connectivity index (χ4v) is 1.67. The Labute approximate surface area is 135 Å². The number of hydrogen-bond acceptors (Lipinski definition) is 6. The lowest BCUT2D eigenvalue weighted by atomic mass is 10.2. The molecule has 23 heavy (non-hydrogen) atoms. The SMILES string of the molecule is C#CCN(C(=O)OC(C)(C)C)c1cnc(C(=O)OC)cc1OC. The van der Waals surface area contributed by atoms with Crippen molar-refractivity contribution in [3.8, 4) is 18.1 Å². The van der Waals surface area contributed by atoms with Crippen molar-refractivity contribution in [2.45, 2.75) is 26.4 Å². The molecule has 1 aromatic rings. The average molecular weight is 320 g/mol. The lowest BCUT2D eigenvalue weighted by molar-refractivity contribution is 0.0581. The molecule has 0 fully saturated rings. The van der Waals surface area contributed by atoms with Crippen LogP contribution in [0.5, 0.6) is 5.75 Å². The third kappa shape index (κ3) is 4.88. The van der Waals surface area contributed by atoms with Gasteiger partial charge in [0.1, 0.15) is 17.0 Å². The van der Waals surface area contributed by atoms with Crippen molar-refractivity contribution in [2.75, 3.05) is 25.7 Å². The maximum Gasteiger partial charge on any atom is 0.415 e. The van der Waals surface area contributed by atoms with Gasteiger partial charge in [0.15, 0.2) is 5.69 Å². The molecule has 0 atom stereocenters. The van der Waals surface area contributed by atoms with Crippen LogP contribution in [0.1, 0.15) is 31.3 Å². The van der Waals surface area contributed by atoms with Crippen LogP contribution >= 0.6 is 0 Å². The van der Waals surface area contributed by atoms with E-state index in [1.54, 1.807) is 20.8 Å². The first-order valence-corrected chi connectivity index (χ1v) is 6.79. The van der Waals surface area contributed by atoms with Gasteiger partial charge in [0.2, 0.25) is 0 Å². The highest BCUT2D eigenvalue weighted by molar-refractivity contribution is 5.92. The molecule has 0 saturated carbocycles. The summed E-state index contributed by atoms with van der Waals surface area (Å²) in [6, 6.07) is 1.37. The minimum absolute atomic E-state index is 0.0372. The molecule has 1 aromatic heterocycles. The van der Waals surface area contributed by atoms with Gasteiger partial charge in [-0.3, -0.25) is 4.90 Å². The molecule has 0 bridgehead atoms. The van der Waals surface area contributed by atoms with Gasteiger partial charge in [-0.25, -0.2) is 14.6 Å². The van der Waals surface area contributed by atoms with Crippen molar-refractivity contribution in [1.29, 1.82) is 0 Å².